The SMILES string of the molecule is C=Cc1cc(C)cc(C)c1-c1c(O)n2n(c1=O)CCN(OC)CC2. The molecular formula is C18H23N3O3. The molecule has 0 fully saturated rings. The molecule has 2 aromatic rings. The molecule has 1 aliphatic heterocycles. The molecule has 0 radical (unpaired) electrons. The van der Waals surface area contributed by atoms with Crippen LogP contribution in [-0.2, 0) is 17.9 Å². The molecule has 0 amide bonds. The van der Waals surface area contributed by atoms with Gasteiger partial charge in [0.2, 0.25) is 5.88 Å². The maximum Gasteiger partial charge on any atom is 0.278 e. The van der Waals surface area contributed by atoms with Gasteiger partial charge in [-0.05, 0) is 25.0 Å². The van der Waals surface area contributed by atoms with Crippen molar-refractivity contribution in [3.63, 3.8) is 0 Å². The molecule has 6 heteroatoms. The van der Waals surface area contributed by atoms with Crippen LogP contribution in [-0.4, -0.2) is 39.7 Å². The second-order valence-electron chi connectivity index (χ2n) is 6.11. The fourth-order valence-corrected chi connectivity index (χ4v) is 3.46. The minimum atomic E-state index is -0.180. The highest BCUT2D eigenvalue weighted by molar-refractivity contribution is 5.80. The number of rotatable bonds is 3. The van der Waals surface area contributed by atoms with Gasteiger partial charge in [0.25, 0.3) is 5.56 Å². The number of nitrogens with zero attached hydrogens (tertiary/aromatic N) is 3. The summed E-state index contributed by atoms with van der Waals surface area (Å²) in [6, 6.07) is 4.00. The molecule has 0 bridgehead atoms. The van der Waals surface area contributed by atoms with Gasteiger partial charge in [0.05, 0.1) is 20.2 Å². The molecule has 128 valence electrons. The van der Waals surface area contributed by atoms with Gasteiger partial charge in [0.1, 0.15) is 5.56 Å². The second-order valence-corrected chi connectivity index (χ2v) is 6.11. The molecule has 1 N–H and O–H groups in total. The maximum atomic E-state index is 13.0. The smallest absolute Gasteiger partial charge is 0.278 e. The van der Waals surface area contributed by atoms with Crippen LogP contribution >= 0.6 is 0 Å². The van der Waals surface area contributed by atoms with E-state index in [1.165, 1.54) is 0 Å². The lowest BCUT2D eigenvalue weighted by Crippen LogP contribution is -2.27. The first-order chi connectivity index (χ1) is 11.5. The van der Waals surface area contributed by atoms with Crippen molar-refractivity contribution >= 4 is 6.08 Å². The molecule has 24 heavy (non-hydrogen) atoms. The number of fused-ring (bicyclic) bond motifs is 1. The molecule has 6 nitrogen and oxygen atoms in total. The first-order valence-electron chi connectivity index (χ1n) is 8.03. The summed E-state index contributed by atoms with van der Waals surface area (Å²) in [6.07, 6.45) is 1.73. The van der Waals surface area contributed by atoms with E-state index >= 15 is 0 Å². The minimum Gasteiger partial charge on any atom is -0.493 e. The fraction of sp³-hybridized carbons (Fsp3) is 0.389. The van der Waals surface area contributed by atoms with Gasteiger partial charge in [0, 0.05) is 18.7 Å². The monoisotopic (exact) mass is 329 g/mol. The Morgan fingerprint density at radius 2 is 1.79 bits per heavy atom. The van der Waals surface area contributed by atoms with Gasteiger partial charge in [-0.2, -0.15) is 5.06 Å². The Balaban J connectivity index is 2.20. The van der Waals surface area contributed by atoms with E-state index in [1.807, 2.05) is 26.0 Å². The van der Waals surface area contributed by atoms with Crippen LogP contribution in [0.1, 0.15) is 16.7 Å². The highest BCUT2D eigenvalue weighted by Gasteiger charge is 2.26. The molecule has 2 heterocycles. The maximum absolute atomic E-state index is 13.0. The molecule has 0 spiro atoms. The van der Waals surface area contributed by atoms with E-state index in [1.54, 1.807) is 27.6 Å². The van der Waals surface area contributed by atoms with Gasteiger partial charge in [-0.1, -0.05) is 30.4 Å². The summed E-state index contributed by atoms with van der Waals surface area (Å²) < 4.78 is 3.23. The van der Waals surface area contributed by atoms with Crippen molar-refractivity contribution in [2.45, 2.75) is 26.9 Å². The molecule has 1 aromatic carbocycles. The molecule has 0 aliphatic carbocycles. The van der Waals surface area contributed by atoms with Crippen LogP contribution < -0.4 is 5.56 Å². The number of hydrogen-bond acceptors (Lipinski definition) is 4. The van der Waals surface area contributed by atoms with Crippen LogP contribution in [0.5, 0.6) is 5.88 Å². The Kier molecular flexibility index (Phi) is 4.34. The van der Waals surface area contributed by atoms with E-state index in [0.717, 1.165) is 22.3 Å². The largest absolute Gasteiger partial charge is 0.493 e. The predicted octanol–water partition coefficient (Wildman–Crippen LogP) is 2.16. The zero-order valence-corrected chi connectivity index (χ0v) is 14.4. The van der Waals surface area contributed by atoms with Crippen LogP contribution in [0.15, 0.2) is 23.5 Å². The van der Waals surface area contributed by atoms with Gasteiger partial charge in [-0.3, -0.25) is 4.79 Å². The average Bonchev–Trinajstić information content (AvgIpc) is 2.71. The third kappa shape index (κ3) is 2.57. The van der Waals surface area contributed by atoms with Crippen molar-refractivity contribution in [1.29, 1.82) is 0 Å². The molecule has 0 saturated carbocycles. The summed E-state index contributed by atoms with van der Waals surface area (Å²) >= 11 is 0. The molecule has 3 rings (SSSR count). The zero-order chi connectivity index (χ0) is 17.4. The average molecular weight is 329 g/mol. The van der Waals surface area contributed by atoms with Gasteiger partial charge in [-0.15, -0.1) is 0 Å². The van der Waals surface area contributed by atoms with Crippen LogP contribution in [0.2, 0.25) is 0 Å². The van der Waals surface area contributed by atoms with Gasteiger partial charge in [0.15, 0.2) is 0 Å². The second kappa shape index (κ2) is 6.30. The Hall–Kier alpha value is -2.31. The zero-order valence-electron chi connectivity index (χ0n) is 14.4. The van der Waals surface area contributed by atoms with E-state index in [4.69, 9.17) is 4.84 Å². The Morgan fingerprint density at radius 3 is 2.42 bits per heavy atom. The lowest BCUT2D eigenvalue weighted by molar-refractivity contribution is -0.130. The topological polar surface area (TPSA) is 59.6 Å². The highest BCUT2D eigenvalue weighted by Crippen LogP contribution is 2.34. The minimum absolute atomic E-state index is 0.00741. The summed E-state index contributed by atoms with van der Waals surface area (Å²) in [4.78, 5) is 18.2. The van der Waals surface area contributed by atoms with Gasteiger partial charge >= 0.3 is 0 Å². The van der Waals surface area contributed by atoms with E-state index in [0.29, 0.717) is 31.7 Å². The van der Waals surface area contributed by atoms with Crippen molar-refractivity contribution < 1.29 is 9.94 Å². The fourth-order valence-electron chi connectivity index (χ4n) is 3.46. The highest BCUT2D eigenvalue weighted by atomic mass is 16.7. The Morgan fingerprint density at radius 1 is 1.12 bits per heavy atom. The van der Waals surface area contributed by atoms with Gasteiger partial charge in [-0.25, -0.2) is 9.36 Å². The normalized spacial score (nSPS) is 15.1. The number of hydrogen-bond donors (Lipinski definition) is 1. The number of benzene rings is 1. The van der Waals surface area contributed by atoms with E-state index in [9.17, 15) is 9.90 Å². The van der Waals surface area contributed by atoms with Crippen molar-refractivity contribution in [3.05, 3.63) is 45.8 Å². The van der Waals surface area contributed by atoms with Crippen molar-refractivity contribution in [2.24, 2.45) is 0 Å². The predicted molar refractivity (Wildman–Crippen MR) is 93.9 cm³/mol. The Labute approximate surface area is 141 Å². The summed E-state index contributed by atoms with van der Waals surface area (Å²) in [7, 11) is 1.61. The number of aromatic nitrogens is 2. The molecular weight excluding hydrogens is 306 g/mol. The van der Waals surface area contributed by atoms with Crippen molar-refractivity contribution in [2.75, 3.05) is 20.2 Å². The first-order valence-corrected chi connectivity index (χ1v) is 8.03. The van der Waals surface area contributed by atoms with Crippen molar-refractivity contribution in [1.82, 2.24) is 14.4 Å². The summed E-state index contributed by atoms with van der Waals surface area (Å²) in [5, 5.41) is 12.5. The lowest BCUT2D eigenvalue weighted by Gasteiger charge is -2.15. The lowest BCUT2D eigenvalue weighted by atomic mass is 9.94. The molecule has 0 saturated heterocycles. The van der Waals surface area contributed by atoms with E-state index in [2.05, 4.69) is 6.58 Å². The number of aryl methyl sites for hydroxylation is 2. The quantitative estimate of drug-likeness (QED) is 0.937. The van der Waals surface area contributed by atoms with Crippen LogP contribution in [0.25, 0.3) is 17.2 Å². The standard InChI is InChI=1S/C18H23N3O3/c1-5-14-11-12(2)10-13(3)15(14)16-17(22)20-8-6-19(24-4)7-9-21(20)18(16)23/h5,10-11,22H,1,6-9H2,2-4H3. The third-order valence-corrected chi connectivity index (χ3v) is 4.57. The van der Waals surface area contributed by atoms with E-state index in [-0.39, 0.29) is 11.4 Å². The summed E-state index contributed by atoms with van der Waals surface area (Å²) in [5.41, 5.74) is 3.85. The molecule has 0 atom stereocenters. The van der Waals surface area contributed by atoms with Crippen molar-refractivity contribution in [3.8, 4) is 17.0 Å². The van der Waals surface area contributed by atoms with Crippen LogP contribution in [0.3, 0.4) is 0 Å². The van der Waals surface area contributed by atoms with Crippen LogP contribution in [0.4, 0.5) is 0 Å². The van der Waals surface area contributed by atoms with Gasteiger partial charge < -0.3 is 9.94 Å². The molecule has 0 unspecified atom stereocenters. The third-order valence-electron chi connectivity index (χ3n) is 4.57. The summed E-state index contributed by atoms with van der Waals surface area (Å²) in [5.74, 6) is 0.00741. The van der Waals surface area contributed by atoms with E-state index < -0.39 is 0 Å². The number of hydroxylamine groups is 2. The molecule has 1 aliphatic rings. The Bertz CT molecular complexity index is 848. The summed E-state index contributed by atoms with van der Waals surface area (Å²) in [6.45, 7) is 9.98. The molecule has 1 aromatic heterocycles. The van der Waals surface area contributed by atoms with Crippen LogP contribution in [0, 0.1) is 13.8 Å². The number of aromatic hydroxyl groups is 1. The first kappa shape index (κ1) is 16.5.